The van der Waals surface area contributed by atoms with Gasteiger partial charge < -0.3 is 25.0 Å². The predicted molar refractivity (Wildman–Crippen MR) is 123 cm³/mol. The first-order valence-electron chi connectivity index (χ1n) is 10.9. The van der Waals surface area contributed by atoms with E-state index >= 15 is 0 Å². The van der Waals surface area contributed by atoms with Crippen LogP contribution < -0.4 is 15.4 Å². The molecule has 0 spiro atoms. The van der Waals surface area contributed by atoms with Crippen molar-refractivity contribution in [2.75, 3.05) is 38.1 Å². The summed E-state index contributed by atoms with van der Waals surface area (Å²) >= 11 is 0. The molecule has 1 aliphatic heterocycles. The van der Waals surface area contributed by atoms with E-state index in [2.05, 4.69) is 15.5 Å². The molecule has 0 radical (unpaired) electrons. The molecule has 2 aromatic carbocycles. The van der Waals surface area contributed by atoms with Crippen LogP contribution in [0.2, 0.25) is 0 Å². The number of nitrogens with one attached hydrogen (secondary N) is 2. The summed E-state index contributed by atoms with van der Waals surface area (Å²) < 4.78 is 25.2. The van der Waals surface area contributed by atoms with Crippen molar-refractivity contribution in [2.24, 2.45) is 4.99 Å². The van der Waals surface area contributed by atoms with Gasteiger partial charge in [0, 0.05) is 31.8 Å². The van der Waals surface area contributed by atoms with Crippen LogP contribution in [-0.2, 0) is 9.53 Å². The van der Waals surface area contributed by atoms with Gasteiger partial charge in [-0.3, -0.25) is 4.79 Å². The highest BCUT2D eigenvalue weighted by molar-refractivity contribution is 5.88. The van der Waals surface area contributed by atoms with Crippen molar-refractivity contribution in [3.8, 4) is 5.75 Å². The number of benzene rings is 2. The monoisotopic (exact) mass is 442 g/mol. The van der Waals surface area contributed by atoms with Gasteiger partial charge in [0.1, 0.15) is 24.3 Å². The molecular formula is C24H31FN4O3. The SMILES string of the molecule is CCNC(=NCCOc1cccc(NC(C)=O)c1)N1CC(C)OC(c2ccc(F)cc2)C1. The number of amides is 1. The van der Waals surface area contributed by atoms with Crippen molar-refractivity contribution in [3.05, 3.63) is 59.9 Å². The zero-order valence-corrected chi connectivity index (χ0v) is 18.8. The number of anilines is 1. The van der Waals surface area contributed by atoms with Gasteiger partial charge in [0.2, 0.25) is 5.91 Å². The zero-order valence-electron chi connectivity index (χ0n) is 18.8. The van der Waals surface area contributed by atoms with Gasteiger partial charge in [0.25, 0.3) is 0 Å². The Labute approximate surface area is 188 Å². The van der Waals surface area contributed by atoms with E-state index in [0.29, 0.717) is 37.7 Å². The van der Waals surface area contributed by atoms with Crippen molar-refractivity contribution in [3.63, 3.8) is 0 Å². The Hall–Kier alpha value is -3.13. The Balaban J connectivity index is 1.61. The van der Waals surface area contributed by atoms with Gasteiger partial charge in [-0.2, -0.15) is 0 Å². The standard InChI is InChI=1S/C24H31FN4O3/c1-4-26-24(27-12-13-31-22-7-5-6-21(14-22)28-18(3)30)29-15-17(2)32-23(16-29)19-8-10-20(25)11-9-19/h5-11,14,17,23H,4,12-13,15-16H2,1-3H3,(H,26,27)(H,28,30). The summed E-state index contributed by atoms with van der Waals surface area (Å²) in [5, 5.41) is 6.08. The van der Waals surface area contributed by atoms with Crippen molar-refractivity contribution < 1.29 is 18.7 Å². The van der Waals surface area contributed by atoms with Gasteiger partial charge >= 0.3 is 0 Å². The van der Waals surface area contributed by atoms with Gasteiger partial charge in [-0.1, -0.05) is 18.2 Å². The van der Waals surface area contributed by atoms with E-state index in [1.165, 1.54) is 19.1 Å². The molecule has 1 fully saturated rings. The number of hydrogen-bond acceptors (Lipinski definition) is 4. The summed E-state index contributed by atoms with van der Waals surface area (Å²) in [6.45, 7) is 8.48. The molecule has 1 amide bonds. The van der Waals surface area contributed by atoms with Crippen molar-refractivity contribution >= 4 is 17.6 Å². The highest BCUT2D eigenvalue weighted by Gasteiger charge is 2.28. The highest BCUT2D eigenvalue weighted by Crippen LogP contribution is 2.25. The minimum absolute atomic E-state index is 0.00965. The second-order valence-electron chi connectivity index (χ2n) is 7.69. The molecule has 7 nitrogen and oxygen atoms in total. The number of carbonyl (C=O) groups is 1. The number of hydrogen-bond donors (Lipinski definition) is 2. The molecule has 32 heavy (non-hydrogen) atoms. The number of halogens is 1. The molecule has 0 bridgehead atoms. The molecule has 0 aromatic heterocycles. The van der Waals surface area contributed by atoms with Crippen molar-refractivity contribution in [2.45, 2.75) is 33.0 Å². The lowest BCUT2D eigenvalue weighted by molar-refractivity contribution is -0.114. The second kappa shape index (κ2) is 11.5. The Morgan fingerprint density at radius 1 is 1.25 bits per heavy atom. The first kappa shape index (κ1) is 23.5. The smallest absolute Gasteiger partial charge is 0.221 e. The minimum Gasteiger partial charge on any atom is -0.492 e. The van der Waals surface area contributed by atoms with E-state index in [4.69, 9.17) is 14.5 Å². The Bertz CT molecular complexity index is 920. The minimum atomic E-state index is -0.257. The van der Waals surface area contributed by atoms with E-state index in [-0.39, 0.29) is 23.9 Å². The van der Waals surface area contributed by atoms with E-state index in [1.807, 2.05) is 32.0 Å². The quantitative estimate of drug-likeness (QED) is 0.389. The summed E-state index contributed by atoms with van der Waals surface area (Å²) in [4.78, 5) is 18.1. The van der Waals surface area contributed by atoms with E-state index < -0.39 is 0 Å². The Kier molecular flexibility index (Phi) is 8.44. The van der Waals surface area contributed by atoms with Crippen LogP contribution in [0.5, 0.6) is 5.75 Å². The highest BCUT2D eigenvalue weighted by atomic mass is 19.1. The summed E-state index contributed by atoms with van der Waals surface area (Å²) in [7, 11) is 0. The average molecular weight is 443 g/mol. The van der Waals surface area contributed by atoms with E-state index in [1.54, 1.807) is 18.2 Å². The third kappa shape index (κ3) is 6.95. The lowest BCUT2D eigenvalue weighted by Crippen LogP contribution is -2.50. The average Bonchev–Trinajstić information content (AvgIpc) is 2.76. The third-order valence-corrected chi connectivity index (χ3v) is 4.91. The maximum atomic E-state index is 13.3. The maximum absolute atomic E-state index is 13.3. The number of carbonyl (C=O) groups excluding carboxylic acids is 1. The lowest BCUT2D eigenvalue weighted by atomic mass is 10.1. The number of guanidine groups is 1. The Morgan fingerprint density at radius 2 is 2.03 bits per heavy atom. The van der Waals surface area contributed by atoms with Gasteiger partial charge in [0.05, 0.1) is 19.2 Å². The van der Waals surface area contributed by atoms with Crippen LogP contribution in [0.1, 0.15) is 32.4 Å². The zero-order chi connectivity index (χ0) is 22.9. The van der Waals surface area contributed by atoms with Crippen molar-refractivity contribution in [1.82, 2.24) is 10.2 Å². The topological polar surface area (TPSA) is 75.2 Å². The van der Waals surface area contributed by atoms with E-state index in [0.717, 1.165) is 18.1 Å². The summed E-state index contributed by atoms with van der Waals surface area (Å²) in [6.07, 6.45) is -0.147. The first-order valence-corrected chi connectivity index (χ1v) is 10.9. The fraction of sp³-hybridized carbons (Fsp3) is 0.417. The molecular weight excluding hydrogens is 411 g/mol. The Morgan fingerprint density at radius 3 is 2.75 bits per heavy atom. The summed E-state index contributed by atoms with van der Waals surface area (Å²) in [6, 6.07) is 13.7. The maximum Gasteiger partial charge on any atom is 0.221 e. The predicted octanol–water partition coefficient (Wildman–Crippen LogP) is 3.59. The third-order valence-electron chi connectivity index (χ3n) is 4.91. The molecule has 1 saturated heterocycles. The number of aliphatic imine (C=N–C) groups is 1. The second-order valence-corrected chi connectivity index (χ2v) is 7.69. The lowest BCUT2D eigenvalue weighted by Gasteiger charge is -2.38. The van der Waals surface area contributed by atoms with Crippen LogP contribution in [0, 0.1) is 5.82 Å². The number of ether oxygens (including phenoxy) is 2. The fourth-order valence-electron chi connectivity index (χ4n) is 3.59. The summed E-state index contributed by atoms with van der Waals surface area (Å²) in [5.41, 5.74) is 1.64. The molecule has 1 aliphatic rings. The largest absolute Gasteiger partial charge is 0.492 e. The summed E-state index contributed by atoms with van der Waals surface area (Å²) in [5.74, 6) is 1.09. The van der Waals surface area contributed by atoms with Crippen LogP contribution in [0.15, 0.2) is 53.5 Å². The first-order chi connectivity index (χ1) is 15.4. The molecule has 2 aromatic rings. The molecule has 0 aliphatic carbocycles. The van der Waals surface area contributed by atoms with Gasteiger partial charge in [0.15, 0.2) is 5.96 Å². The molecule has 172 valence electrons. The van der Waals surface area contributed by atoms with Gasteiger partial charge in [-0.05, 0) is 43.7 Å². The number of nitrogens with zero attached hydrogens (tertiary/aromatic N) is 2. The molecule has 2 unspecified atom stereocenters. The molecule has 3 rings (SSSR count). The fourth-order valence-corrected chi connectivity index (χ4v) is 3.59. The van der Waals surface area contributed by atoms with Crippen LogP contribution >= 0.6 is 0 Å². The molecule has 1 heterocycles. The molecule has 2 atom stereocenters. The van der Waals surface area contributed by atoms with Gasteiger partial charge in [-0.15, -0.1) is 0 Å². The molecule has 2 N–H and O–H groups in total. The molecule has 0 saturated carbocycles. The van der Waals surface area contributed by atoms with Crippen LogP contribution in [-0.4, -0.2) is 55.7 Å². The van der Waals surface area contributed by atoms with Crippen molar-refractivity contribution in [1.29, 1.82) is 0 Å². The van der Waals surface area contributed by atoms with Gasteiger partial charge in [-0.25, -0.2) is 9.38 Å². The van der Waals surface area contributed by atoms with E-state index in [9.17, 15) is 9.18 Å². The van der Waals surface area contributed by atoms with Crippen LogP contribution in [0.3, 0.4) is 0 Å². The van der Waals surface area contributed by atoms with Crippen LogP contribution in [0.4, 0.5) is 10.1 Å². The number of rotatable bonds is 7. The normalized spacial score (nSPS) is 18.9. The number of morpholine rings is 1. The van der Waals surface area contributed by atoms with Crippen LogP contribution in [0.25, 0.3) is 0 Å². The molecule has 8 heteroatoms.